The molecule has 1 fully saturated rings. The van der Waals surface area contributed by atoms with Crippen LogP contribution >= 0.6 is 0 Å². The van der Waals surface area contributed by atoms with Gasteiger partial charge in [-0.2, -0.15) is 0 Å². The third-order valence-electron chi connectivity index (χ3n) is 3.01. The van der Waals surface area contributed by atoms with Gasteiger partial charge in [0.15, 0.2) is 0 Å². The number of ether oxygens (including phenoxy) is 2. The fourth-order valence-electron chi connectivity index (χ4n) is 2.04. The molecule has 18 heavy (non-hydrogen) atoms. The summed E-state index contributed by atoms with van der Waals surface area (Å²) in [6.45, 7) is 11.8. The third-order valence-corrected chi connectivity index (χ3v) is 3.01. The Labute approximate surface area is 110 Å². The monoisotopic (exact) mass is 255 g/mol. The van der Waals surface area contributed by atoms with Crippen LogP contribution in [0.15, 0.2) is 12.7 Å². The molecule has 0 unspecified atom stereocenters. The number of rotatable bonds is 5. The van der Waals surface area contributed by atoms with Crippen LogP contribution in [0.4, 0.5) is 0 Å². The van der Waals surface area contributed by atoms with Crippen LogP contribution in [-0.4, -0.2) is 37.9 Å². The van der Waals surface area contributed by atoms with Crippen molar-refractivity contribution in [1.29, 1.82) is 0 Å². The summed E-state index contributed by atoms with van der Waals surface area (Å²) in [5, 5.41) is 3.26. The molecule has 0 atom stereocenters. The lowest BCUT2D eigenvalue weighted by atomic mass is 9.79. The quantitative estimate of drug-likeness (QED) is 0.463. The largest absolute Gasteiger partial charge is 0.459 e. The summed E-state index contributed by atoms with van der Waals surface area (Å²) >= 11 is 0. The maximum atomic E-state index is 12.4. The first-order valence-electron chi connectivity index (χ1n) is 6.52. The molecule has 1 rings (SSSR count). The minimum Gasteiger partial charge on any atom is -0.459 e. The maximum absolute atomic E-state index is 12.4. The van der Waals surface area contributed by atoms with Crippen molar-refractivity contribution in [2.45, 2.75) is 39.2 Å². The third kappa shape index (κ3) is 4.42. The minimum absolute atomic E-state index is 0.138. The van der Waals surface area contributed by atoms with Crippen LogP contribution in [0.3, 0.4) is 0 Å². The highest BCUT2D eigenvalue weighted by atomic mass is 16.6. The van der Waals surface area contributed by atoms with Crippen LogP contribution in [0, 0.1) is 5.41 Å². The van der Waals surface area contributed by atoms with E-state index in [1.54, 1.807) is 6.08 Å². The van der Waals surface area contributed by atoms with Crippen LogP contribution in [-0.2, 0) is 14.3 Å². The van der Waals surface area contributed by atoms with Gasteiger partial charge in [0.1, 0.15) is 5.60 Å². The fourth-order valence-corrected chi connectivity index (χ4v) is 2.04. The van der Waals surface area contributed by atoms with Crippen LogP contribution in [0.25, 0.3) is 0 Å². The predicted octanol–water partition coefficient (Wildman–Crippen LogP) is 1.90. The molecule has 4 heteroatoms. The van der Waals surface area contributed by atoms with E-state index in [4.69, 9.17) is 9.47 Å². The van der Waals surface area contributed by atoms with Gasteiger partial charge in [0.25, 0.3) is 0 Å². The summed E-state index contributed by atoms with van der Waals surface area (Å²) in [6, 6.07) is 0. The van der Waals surface area contributed by atoms with Gasteiger partial charge in [-0.05, 0) is 46.7 Å². The molecule has 1 heterocycles. The highest BCUT2D eigenvalue weighted by Crippen LogP contribution is 2.32. The Kier molecular flexibility index (Phi) is 5.35. The Bertz CT molecular complexity index is 288. The smallest absolute Gasteiger partial charge is 0.315 e. The van der Waals surface area contributed by atoms with E-state index in [-0.39, 0.29) is 5.97 Å². The number of esters is 1. The molecule has 0 aromatic carbocycles. The van der Waals surface area contributed by atoms with Crippen molar-refractivity contribution in [3.8, 4) is 0 Å². The molecule has 0 bridgehead atoms. The zero-order chi connectivity index (χ0) is 13.6. The average molecular weight is 255 g/mol. The Balaban J connectivity index is 2.69. The highest BCUT2D eigenvalue weighted by molar-refractivity contribution is 5.77. The molecule has 0 aromatic rings. The van der Waals surface area contributed by atoms with Crippen molar-refractivity contribution >= 4 is 5.97 Å². The van der Waals surface area contributed by atoms with E-state index >= 15 is 0 Å². The van der Waals surface area contributed by atoms with Crippen molar-refractivity contribution in [3.05, 3.63) is 12.7 Å². The Morgan fingerprint density at radius 2 is 2.00 bits per heavy atom. The first kappa shape index (κ1) is 15.2. The topological polar surface area (TPSA) is 47.6 Å². The molecule has 0 radical (unpaired) electrons. The van der Waals surface area contributed by atoms with Crippen molar-refractivity contribution in [2.24, 2.45) is 5.41 Å². The molecule has 1 aliphatic heterocycles. The normalized spacial score (nSPS) is 19.3. The predicted molar refractivity (Wildman–Crippen MR) is 71.4 cm³/mol. The molecule has 0 amide bonds. The Morgan fingerprint density at radius 1 is 1.39 bits per heavy atom. The number of hydrogen-bond acceptors (Lipinski definition) is 4. The van der Waals surface area contributed by atoms with Gasteiger partial charge in [0, 0.05) is 0 Å². The van der Waals surface area contributed by atoms with Gasteiger partial charge < -0.3 is 14.8 Å². The van der Waals surface area contributed by atoms with Crippen LogP contribution in [0.2, 0.25) is 0 Å². The summed E-state index contributed by atoms with van der Waals surface area (Å²) in [7, 11) is 0. The SMILES string of the molecule is C=CCOCC1(C(=O)OC(C)(C)C)CCNCC1. The van der Waals surface area contributed by atoms with Crippen LogP contribution in [0.5, 0.6) is 0 Å². The second kappa shape index (κ2) is 6.34. The van der Waals surface area contributed by atoms with E-state index < -0.39 is 11.0 Å². The zero-order valence-corrected chi connectivity index (χ0v) is 11.8. The maximum Gasteiger partial charge on any atom is 0.315 e. The van der Waals surface area contributed by atoms with Gasteiger partial charge in [0.2, 0.25) is 0 Å². The van der Waals surface area contributed by atoms with Crippen molar-refractivity contribution in [2.75, 3.05) is 26.3 Å². The summed E-state index contributed by atoms with van der Waals surface area (Å²) < 4.78 is 11.1. The van der Waals surface area contributed by atoms with E-state index in [9.17, 15) is 4.79 Å². The van der Waals surface area contributed by atoms with E-state index in [2.05, 4.69) is 11.9 Å². The second-order valence-corrected chi connectivity index (χ2v) is 5.84. The molecule has 104 valence electrons. The zero-order valence-electron chi connectivity index (χ0n) is 11.8. The van der Waals surface area contributed by atoms with E-state index in [1.165, 1.54) is 0 Å². The molecular formula is C14H25NO3. The Morgan fingerprint density at radius 3 is 2.50 bits per heavy atom. The first-order chi connectivity index (χ1) is 8.40. The van der Waals surface area contributed by atoms with Crippen LogP contribution in [0.1, 0.15) is 33.6 Å². The summed E-state index contributed by atoms with van der Waals surface area (Å²) in [5.41, 5.74) is -0.949. The van der Waals surface area contributed by atoms with Crippen molar-refractivity contribution in [1.82, 2.24) is 5.32 Å². The molecule has 0 aromatic heterocycles. The molecule has 0 spiro atoms. The molecule has 0 saturated carbocycles. The summed E-state index contributed by atoms with van der Waals surface area (Å²) in [4.78, 5) is 12.4. The fraction of sp³-hybridized carbons (Fsp3) is 0.786. The lowest BCUT2D eigenvalue weighted by Gasteiger charge is -2.37. The van der Waals surface area contributed by atoms with Gasteiger partial charge in [-0.15, -0.1) is 6.58 Å². The van der Waals surface area contributed by atoms with Gasteiger partial charge in [0.05, 0.1) is 18.6 Å². The molecule has 1 aliphatic rings. The molecule has 0 aliphatic carbocycles. The van der Waals surface area contributed by atoms with Gasteiger partial charge in [-0.1, -0.05) is 6.08 Å². The molecule has 1 N–H and O–H groups in total. The van der Waals surface area contributed by atoms with Crippen molar-refractivity contribution in [3.63, 3.8) is 0 Å². The average Bonchev–Trinajstić information content (AvgIpc) is 2.28. The molecule has 1 saturated heterocycles. The molecule has 4 nitrogen and oxygen atoms in total. The van der Waals surface area contributed by atoms with Gasteiger partial charge in [-0.25, -0.2) is 0 Å². The lowest BCUT2D eigenvalue weighted by molar-refractivity contribution is -0.173. The number of nitrogens with one attached hydrogen (secondary N) is 1. The summed E-state index contributed by atoms with van der Waals surface area (Å²) in [5.74, 6) is -0.138. The van der Waals surface area contributed by atoms with Gasteiger partial charge in [-0.3, -0.25) is 4.79 Å². The number of carbonyl (C=O) groups is 1. The van der Waals surface area contributed by atoms with E-state index in [1.807, 2.05) is 20.8 Å². The van der Waals surface area contributed by atoms with Crippen molar-refractivity contribution < 1.29 is 14.3 Å². The number of carbonyl (C=O) groups excluding carboxylic acids is 1. The number of piperidine rings is 1. The van der Waals surface area contributed by atoms with E-state index in [0.717, 1.165) is 25.9 Å². The first-order valence-corrected chi connectivity index (χ1v) is 6.52. The molecular weight excluding hydrogens is 230 g/mol. The highest BCUT2D eigenvalue weighted by Gasteiger charge is 2.42. The number of hydrogen-bond donors (Lipinski definition) is 1. The van der Waals surface area contributed by atoms with E-state index in [0.29, 0.717) is 13.2 Å². The van der Waals surface area contributed by atoms with Gasteiger partial charge >= 0.3 is 5.97 Å². The lowest BCUT2D eigenvalue weighted by Crippen LogP contribution is -2.48. The Hall–Kier alpha value is -0.870. The standard InChI is InChI=1S/C14H25NO3/c1-5-10-17-11-14(6-8-15-9-7-14)12(16)18-13(2,3)4/h5,15H,1,6-11H2,2-4H3. The van der Waals surface area contributed by atoms with Crippen LogP contribution < -0.4 is 5.32 Å². The summed E-state index contributed by atoms with van der Waals surface area (Å²) in [6.07, 6.45) is 3.22. The second-order valence-electron chi connectivity index (χ2n) is 5.84. The minimum atomic E-state index is -0.498.